The zero-order valence-corrected chi connectivity index (χ0v) is 15.9. The number of anilines is 3. The number of pyridine rings is 1. The van der Waals surface area contributed by atoms with Crippen LogP contribution in [0.25, 0.3) is 10.9 Å². The van der Waals surface area contributed by atoms with Gasteiger partial charge in [-0.1, -0.05) is 18.2 Å². The van der Waals surface area contributed by atoms with Gasteiger partial charge in [0.15, 0.2) is 0 Å². The molecule has 5 heteroatoms. The second-order valence-electron chi connectivity index (χ2n) is 7.00. The van der Waals surface area contributed by atoms with Crippen molar-refractivity contribution in [3.63, 3.8) is 0 Å². The summed E-state index contributed by atoms with van der Waals surface area (Å²) >= 11 is 0. The number of aromatic nitrogens is 2. The van der Waals surface area contributed by atoms with E-state index in [1.165, 1.54) is 16.5 Å². The number of benzene rings is 2. The number of H-pyrrole nitrogens is 1. The first-order chi connectivity index (χ1) is 13.7. The number of hydrogen-bond donors (Lipinski definition) is 4. The minimum absolute atomic E-state index is 0.0783. The molecule has 0 fully saturated rings. The van der Waals surface area contributed by atoms with Crippen LogP contribution in [0.2, 0.25) is 0 Å². The molecule has 0 spiro atoms. The van der Waals surface area contributed by atoms with Gasteiger partial charge in [0, 0.05) is 52.9 Å². The molecule has 4 rings (SSSR count). The van der Waals surface area contributed by atoms with Crippen molar-refractivity contribution in [3.05, 3.63) is 84.3 Å². The molecule has 0 aliphatic carbocycles. The van der Waals surface area contributed by atoms with Gasteiger partial charge in [-0.15, -0.1) is 0 Å². The highest BCUT2D eigenvalue weighted by atomic mass is 14.9. The van der Waals surface area contributed by atoms with Crippen molar-refractivity contribution in [3.8, 4) is 0 Å². The number of nitrogens with zero attached hydrogens (tertiary/aromatic N) is 1. The molecule has 0 unspecified atom stereocenters. The SMILES string of the molecule is C[C@@H](N)c1cc(Nc2ccc(NCCc3c[nH]c4ccccc34)cc2)ccn1. The molecule has 2 aromatic carbocycles. The summed E-state index contributed by atoms with van der Waals surface area (Å²) in [6.45, 7) is 2.82. The molecule has 1 atom stereocenters. The predicted octanol–water partition coefficient (Wildman–Crippen LogP) is 4.98. The summed E-state index contributed by atoms with van der Waals surface area (Å²) in [5, 5.41) is 8.19. The third-order valence-corrected chi connectivity index (χ3v) is 4.82. The lowest BCUT2D eigenvalue weighted by atomic mass is 10.1. The highest BCUT2D eigenvalue weighted by Gasteiger charge is 2.04. The molecule has 0 saturated carbocycles. The largest absolute Gasteiger partial charge is 0.385 e. The van der Waals surface area contributed by atoms with Crippen LogP contribution in [0.3, 0.4) is 0 Å². The van der Waals surface area contributed by atoms with E-state index in [-0.39, 0.29) is 6.04 Å². The lowest BCUT2D eigenvalue weighted by molar-refractivity contribution is 0.782. The smallest absolute Gasteiger partial charge is 0.0588 e. The van der Waals surface area contributed by atoms with Crippen LogP contribution in [0.15, 0.2) is 73.1 Å². The van der Waals surface area contributed by atoms with Crippen molar-refractivity contribution >= 4 is 28.0 Å². The molecule has 0 bridgehead atoms. The van der Waals surface area contributed by atoms with Crippen LogP contribution >= 0.6 is 0 Å². The van der Waals surface area contributed by atoms with Crippen LogP contribution in [0.5, 0.6) is 0 Å². The number of aromatic amines is 1. The van der Waals surface area contributed by atoms with Crippen LogP contribution in [0.4, 0.5) is 17.1 Å². The number of hydrogen-bond acceptors (Lipinski definition) is 4. The Morgan fingerprint density at radius 2 is 1.79 bits per heavy atom. The van der Waals surface area contributed by atoms with E-state index in [1.807, 2.05) is 19.1 Å². The molecular weight excluding hydrogens is 346 g/mol. The monoisotopic (exact) mass is 371 g/mol. The first-order valence-electron chi connectivity index (χ1n) is 9.56. The van der Waals surface area contributed by atoms with E-state index in [9.17, 15) is 0 Å². The summed E-state index contributed by atoms with van der Waals surface area (Å²) < 4.78 is 0. The molecular formula is C23H25N5. The molecule has 0 aliphatic heterocycles. The Hall–Kier alpha value is -3.31. The topological polar surface area (TPSA) is 78.8 Å². The molecule has 0 radical (unpaired) electrons. The van der Waals surface area contributed by atoms with Crippen LogP contribution < -0.4 is 16.4 Å². The van der Waals surface area contributed by atoms with E-state index in [0.717, 1.165) is 35.7 Å². The molecule has 0 aliphatic rings. The van der Waals surface area contributed by atoms with Gasteiger partial charge in [-0.3, -0.25) is 4.98 Å². The van der Waals surface area contributed by atoms with Gasteiger partial charge < -0.3 is 21.4 Å². The summed E-state index contributed by atoms with van der Waals surface area (Å²) in [5.74, 6) is 0. The first-order valence-corrected chi connectivity index (χ1v) is 9.56. The van der Waals surface area contributed by atoms with Crippen LogP contribution in [0.1, 0.15) is 24.2 Å². The summed E-state index contributed by atoms with van der Waals surface area (Å²) in [7, 11) is 0. The van der Waals surface area contributed by atoms with Gasteiger partial charge in [0.05, 0.1) is 5.69 Å². The number of para-hydroxylation sites is 1. The Morgan fingerprint density at radius 1 is 1.00 bits per heavy atom. The van der Waals surface area contributed by atoms with Crippen LogP contribution in [0, 0.1) is 0 Å². The van der Waals surface area contributed by atoms with Crippen molar-refractivity contribution in [1.82, 2.24) is 9.97 Å². The Kier molecular flexibility index (Phi) is 5.26. The van der Waals surface area contributed by atoms with Crippen LogP contribution in [-0.2, 0) is 6.42 Å². The van der Waals surface area contributed by atoms with Crippen molar-refractivity contribution in [2.45, 2.75) is 19.4 Å². The van der Waals surface area contributed by atoms with Gasteiger partial charge in [-0.25, -0.2) is 0 Å². The molecule has 0 amide bonds. The Bertz CT molecular complexity index is 1050. The Labute approximate surface area is 165 Å². The molecule has 2 heterocycles. The Balaban J connectivity index is 1.34. The molecule has 5 N–H and O–H groups in total. The van der Waals surface area contributed by atoms with E-state index in [1.54, 1.807) is 6.20 Å². The summed E-state index contributed by atoms with van der Waals surface area (Å²) in [5.41, 5.74) is 12.4. The maximum atomic E-state index is 5.91. The average Bonchev–Trinajstić information content (AvgIpc) is 3.13. The number of rotatable bonds is 7. The summed E-state index contributed by atoms with van der Waals surface area (Å²) in [6.07, 6.45) is 4.85. The van der Waals surface area contributed by atoms with Gasteiger partial charge >= 0.3 is 0 Å². The normalized spacial score (nSPS) is 12.1. The van der Waals surface area contributed by atoms with E-state index in [2.05, 4.69) is 75.3 Å². The third kappa shape index (κ3) is 4.15. The maximum absolute atomic E-state index is 5.91. The second kappa shape index (κ2) is 8.15. The van der Waals surface area contributed by atoms with E-state index in [0.29, 0.717) is 0 Å². The fraction of sp³-hybridized carbons (Fsp3) is 0.174. The van der Waals surface area contributed by atoms with Gasteiger partial charge in [0.2, 0.25) is 0 Å². The maximum Gasteiger partial charge on any atom is 0.0588 e. The fourth-order valence-electron chi connectivity index (χ4n) is 3.29. The number of nitrogens with two attached hydrogens (primary N) is 1. The number of fused-ring (bicyclic) bond motifs is 1. The van der Waals surface area contributed by atoms with Gasteiger partial charge in [-0.2, -0.15) is 0 Å². The molecule has 142 valence electrons. The Morgan fingerprint density at radius 3 is 2.61 bits per heavy atom. The minimum atomic E-state index is -0.0783. The molecule has 2 aromatic heterocycles. The molecule has 4 aromatic rings. The number of nitrogens with one attached hydrogen (secondary N) is 3. The third-order valence-electron chi connectivity index (χ3n) is 4.82. The zero-order valence-electron chi connectivity index (χ0n) is 15.9. The van der Waals surface area contributed by atoms with Crippen molar-refractivity contribution in [2.75, 3.05) is 17.2 Å². The van der Waals surface area contributed by atoms with Crippen molar-refractivity contribution < 1.29 is 0 Å². The van der Waals surface area contributed by atoms with E-state index >= 15 is 0 Å². The second-order valence-corrected chi connectivity index (χ2v) is 7.00. The van der Waals surface area contributed by atoms with Gasteiger partial charge in [0.1, 0.15) is 0 Å². The van der Waals surface area contributed by atoms with E-state index in [4.69, 9.17) is 5.73 Å². The quantitative estimate of drug-likeness (QED) is 0.369. The minimum Gasteiger partial charge on any atom is -0.385 e. The van der Waals surface area contributed by atoms with Crippen molar-refractivity contribution in [2.24, 2.45) is 5.73 Å². The van der Waals surface area contributed by atoms with Crippen molar-refractivity contribution in [1.29, 1.82) is 0 Å². The van der Waals surface area contributed by atoms with Gasteiger partial charge in [0.25, 0.3) is 0 Å². The van der Waals surface area contributed by atoms with Gasteiger partial charge in [-0.05, 0) is 61.4 Å². The summed E-state index contributed by atoms with van der Waals surface area (Å²) in [4.78, 5) is 7.62. The molecule has 28 heavy (non-hydrogen) atoms. The average molecular weight is 371 g/mol. The summed E-state index contributed by atoms with van der Waals surface area (Å²) in [6, 6.07) is 20.6. The first kappa shape index (κ1) is 18.1. The fourth-order valence-corrected chi connectivity index (χ4v) is 3.29. The van der Waals surface area contributed by atoms with E-state index < -0.39 is 0 Å². The lowest BCUT2D eigenvalue weighted by Gasteiger charge is -2.11. The predicted molar refractivity (Wildman–Crippen MR) is 117 cm³/mol. The standard InChI is InChI=1S/C23H25N5/c1-16(24)23-14-20(11-13-26-23)28-19-8-6-18(7-9-19)25-12-10-17-15-27-22-5-3-2-4-21(17)22/h2-9,11,13-16,25,27H,10,12,24H2,1H3,(H,26,28)/t16-/m1/s1. The highest BCUT2D eigenvalue weighted by Crippen LogP contribution is 2.21. The van der Waals surface area contributed by atoms with Crippen LogP contribution in [-0.4, -0.2) is 16.5 Å². The molecule has 5 nitrogen and oxygen atoms in total. The zero-order chi connectivity index (χ0) is 19.3. The lowest BCUT2D eigenvalue weighted by Crippen LogP contribution is -2.07. The molecule has 0 saturated heterocycles. The highest BCUT2D eigenvalue weighted by molar-refractivity contribution is 5.83.